The molecule has 18 heavy (non-hydrogen) atoms. The highest BCUT2D eigenvalue weighted by atomic mass is 32.2. The second-order valence-electron chi connectivity index (χ2n) is 5.08. The van der Waals surface area contributed by atoms with Crippen LogP contribution in [0, 0.1) is 5.41 Å². The Bertz CT molecular complexity index is 553. The summed E-state index contributed by atoms with van der Waals surface area (Å²) in [5.41, 5.74) is 1.19. The van der Waals surface area contributed by atoms with Crippen LogP contribution in [0.15, 0.2) is 35.4 Å². The Kier molecular flexibility index (Phi) is 2.82. The highest BCUT2D eigenvalue weighted by molar-refractivity contribution is 7.99. The summed E-state index contributed by atoms with van der Waals surface area (Å²) >= 11 is 1.74. The minimum absolute atomic E-state index is 0.0494. The number of nitrogens with one attached hydrogen (secondary N) is 1. The maximum Gasteiger partial charge on any atom is 0.303 e. The van der Waals surface area contributed by atoms with Crippen molar-refractivity contribution in [1.82, 2.24) is 4.98 Å². The number of hydrogen-bond donors (Lipinski definition) is 2. The van der Waals surface area contributed by atoms with E-state index in [0.717, 1.165) is 29.1 Å². The Hall–Kier alpha value is -1.42. The van der Waals surface area contributed by atoms with Crippen molar-refractivity contribution >= 4 is 28.6 Å². The molecule has 2 aromatic rings. The van der Waals surface area contributed by atoms with Gasteiger partial charge in [0.1, 0.15) is 0 Å². The minimum Gasteiger partial charge on any atom is -0.481 e. The minimum atomic E-state index is -0.676. The lowest BCUT2D eigenvalue weighted by Gasteiger charge is -2.10. The summed E-state index contributed by atoms with van der Waals surface area (Å²) in [6, 6.07) is 10.3. The average Bonchev–Trinajstić information content (AvgIpc) is 2.95. The van der Waals surface area contributed by atoms with Gasteiger partial charge in [0.2, 0.25) is 0 Å². The first-order valence-electron chi connectivity index (χ1n) is 6.09. The number of aromatic amines is 1. The van der Waals surface area contributed by atoms with Crippen LogP contribution in [0.5, 0.6) is 0 Å². The number of rotatable bonds is 5. The lowest BCUT2D eigenvalue weighted by molar-refractivity contribution is -0.138. The van der Waals surface area contributed by atoms with Gasteiger partial charge >= 0.3 is 5.97 Å². The largest absolute Gasteiger partial charge is 0.481 e. The van der Waals surface area contributed by atoms with Crippen LogP contribution >= 0.6 is 11.8 Å². The number of hydrogen-bond acceptors (Lipinski definition) is 2. The molecule has 0 amide bonds. The summed E-state index contributed by atoms with van der Waals surface area (Å²) in [5, 5.41) is 11.2. The summed E-state index contributed by atoms with van der Waals surface area (Å²) in [7, 11) is 0. The molecule has 1 aromatic heterocycles. The van der Waals surface area contributed by atoms with Crippen molar-refractivity contribution < 1.29 is 9.90 Å². The molecule has 0 bridgehead atoms. The molecular formula is C14H15NO2S. The van der Waals surface area contributed by atoms with E-state index in [4.69, 9.17) is 5.11 Å². The molecule has 0 radical (unpaired) electrons. The first-order valence-corrected chi connectivity index (χ1v) is 7.08. The molecule has 1 saturated carbocycles. The third kappa shape index (κ3) is 2.38. The smallest absolute Gasteiger partial charge is 0.303 e. The molecule has 2 N–H and O–H groups in total. The second-order valence-corrected chi connectivity index (χ2v) is 6.10. The van der Waals surface area contributed by atoms with E-state index in [-0.39, 0.29) is 5.41 Å². The Balaban J connectivity index is 1.68. The van der Waals surface area contributed by atoms with Crippen molar-refractivity contribution in [3.63, 3.8) is 0 Å². The van der Waals surface area contributed by atoms with Gasteiger partial charge in [-0.3, -0.25) is 4.79 Å². The van der Waals surface area contributed by atoms with Crippen molar-refractivity contribution in [3.8, 4) is 0 Å². The molecule has 0 unspecified atom stereocenters. The second kappa shape index (κ2) is 4.35. The number of H-pyrrole nitrogens is 1. The molecule has 0 aliphatic heterocycles. The molecule has 1 heterocycles. The molecule has 1 aliphatic carbocycles. The summed E-state index contributed by atoms with van der Waals surface area (Å²) in [6.45, 7) is 0. The van der Waals surface area contributed by atoms with Crippen molar-refractivity contribution in [3.05, 3.63) is 30.3 Å². The summed E-state index contributed by atoms with van der Waals surface area (Å²) in [6.07, 6.45) is 2.40. The average molecular weight is 261 g/mol. The fourth-order valence-corrected chi connectivity index (χ4v) is 3.47. The third-order valence-electron chi connectivity index (χ3n) is 3.52. The molecule has 4 heteroatoms. The lowest BCUT2D eigenvalue weighted by Crippen LogP contribution is -2.10. The lowest BCUT2D eigenvalue weighted by atomic mass is 10.1. The number of para-hydroxylation sites is 1. The molecule has 1 fully saturated rings. The van der Waals surface area contributed by atoms with Gasteiger partial charge in [0.25, 0.3) is 0 Å². The first kappa shape index (κ1) is 11.7. The maximum absolute atomic E-state index is 10.8. The van der Waals surface area contributed by atoms with Crippen molar-refractivity contribution in [2.45, 2.75) is 24.3 Å². The quantitative estimate of drug-likeness (QED) is 0.810. The normalized spacial score (nSPS) is 16.9. The van der Waals surface area contributed by atoms with Crippen molar-refractivity contribution in [2.24, 2.45) is 5.41 Å². The van der Waals surface area contributed by atoms with E-state index >= 15 is 0 Å². The van der Waals surface area contributed by atoms with Crippen LogP contribution < -0.4 is 0 Å². The number of carbonyl (C=O) groups is 1. The highest BCUT2D eigenvalue weighted by Crippen LogP contribution is 2.51. The van der Waals surface area contributed by atoms with Gasteiger partial charge in [0.15, 0.2) is 0 Å². The van der Waals surface area contributed by atoms with Gasteiger partial charge in [0, 0.05) is 16.7 Å². The number of aliphatic carboxylic acids is 1. The summed E-state index contributed by atoms with van der Waals surface area (Å²) < 4.78 is 0. The predicted molar refractivity (Wildman–Crippen MR) is 72.9 cm³/mol. The number of thioether (sulfide) groups is 1. The van der Waals surface area contributed by atoms with Crippen molar-refractivity contribution in [1.29, 1.82) is 0 Å². The van der Waals surface area contributed by atoms with Crippen LogP contribution in [0.3, 0.4) is 0 Å². The van der Waals surface area contributed by atoms with Crippen LogP contribution in [0.25, 0.3) is 10.9 Å². The van der Waals surface area contributed by atoms with Crippen molar-refractivity contribution in [2.75, 3.05) is 5.75 Å². The van der Waals surface area contributed by atoms with Crippen LogP contribution in [-0.4, -0.2) is 21.8 Å². The van der Waals surface area contributed by atoms with Gasteiger partial charge < -0.3 is 10.1 Å². The van der Waals surface area contributed by atoms with Crippen LogP contribution in [-0.2, 0) is 4.79 Å². The van der Waals surface area contributed by atoms with E-state index in [0.29, 0.717) is 6.42 Å². The van der Waals surface area contributed by atoms with E-state index < -0.39 is 5.97 Å². The van der Waals surface area contributed by atoms with Gasteiger partial charge in [-0.25, -0.2) is 0 Å². The fraction of sp³-hybridized carbons (Fsp3) is 0.357. The number of aromatic nitrogens is 1. The molecule has 1 aliphatic rings. The van der Waals surface area contributed by atoms with Gasteiger partial charge in [-0.1, -0.05) is 18.2 Å². The van der Waals surface area contributed by atoms with Gasteiger partial charge in [-0.05, 0) is 30.4 Å². The zero-order valence-corrected chi connectivity index (χ0v) is 10.8. The zero-order chi connectivity index (χ0) is 12.6. The van der Waals surface area contributed by atoms with Gasteiger partial charge in [-0.15, -0.1) is 11.8 Å². The first-order chi connectivity index (χ1) is 8.67. The van der Waals surface area contributed by atoms with Gasteiger partial charge in [-0.2, -0.15) is 0 Å². The van der Waals surface area contributed by atoms with E-state index in [2.05, 4.69) is 23.2 Å². The zero-order valence-electron chi connectivity index (χ0n) is 9.98. The van der Waals surface area contributed by atoms with E-state index in [1.807, 2.05) is 12.1 Å². The van der Waals surface area contributed by atoms with Crippen LogP contribution in [0.1, 0.15) is 19.3 Å². The number of carboxylic acid groups (broad SMARTS) is 1. The summed E-state index contributed by atoms with van der Waals surface area (Å²) in [5.74, 6) is 0.219. The Morgan fingerprint density at radius 3 is 2.83 bits per heavy atom. The Labute approximate surface area is 110 Å². The molecular weight excluding hydrogens is 246 g/mol. The van der Waals surface area contributed by atoms with Crippen LogP contribution in [0.4, 0.5) is 0 Å². The number of fused-ring (bicyclic) bond motifs is 1. The van der Waals surface area contributed by atoms with E-state index in [1.165, 1.54) is 5.39 Å². The van der Waals surface area contributed by atoms with Crippen LogP contribution in [0.2, 0.25) is 0 Å². The highest BCUT2D eigenvalue weighted by Gasteiger charge is 2.44. The summed E-state index contributed by atoms with van der Waals surface area (Å²) in [4.78, 5) is 14.2. The molecule has 3 rings (SSSR count). The predicted octanol–water partition coefficient (Wildman–Crippen LogP) is 3.51. The Morgan fingerprint density at radius 2 is 2.17 bits per heavy atom. The number of carboxylic acids is 1. The third-order valence-corrected chi connectivity index (χ3v) is 4.81. The topological polar surface area (TPSA) is 53.1 Å². The molecule has 0 spiro atoms. The standard InChI is InChI=1S/C14H15NO2S/c16-13(17)8-14(5-6-14)9-18-12-7-10-3-1-2-4-11(10)15-12/h1-4,7,15H,5-6,8-9H2,(H,16,17). The van der Waals surface area contributed by atoms with E-state index in [1.54, 1.807) is 11.8 Å². The van der Waals surface area contributed by atoms with Gasteiger partial charge in [0.05, 0.1) is 11.4 Å². The maximum atomic E-state index is 10.8. The van der Waals surface area contributed by atoms with E-state index in [9.17, 15) is 4.79 Å². The molecule has 3 nitrogen and oxygen atoms in total. The molecule has 0 saturated heterocycles. The molecule has 94 valence electrons. The molecule has 0 atom stereocenters. The monoisotopic (exact) mass is 261 g/mol. The fourth-order valence-electron chi connectivity index (χ4n) is 2.23. The SMILES string of the molecule is O=C(O)CC1(CSc2cc3ccccc3[nH]2)CC1. The number of benzene rings is 1. The Morgan fingerprint density at radius 1 is 1.39 bits per heavy atom. The molecule has 1 aromatic carbocycles.